The van der Waals surface area contributed by atoms with Crippen molar-refractivity contribution in [2.45, 2.75) is 24.8 Å². The van der Waals surface area contributed by atoms with Crippen molar-refractivity contribution in [3.05, 3.63) is 71.8 Å². The highest BCUT2D eigenvalue weighted by Crippen LogP contribution is 2.25. The van der Waals surface area contributed by atoms with Crippen molar-refractivity contribution < 1.29 is 9.53 Å². The Kier molecular flexibility index (Phi) is 7.75. The second-order valence-electron chi connectivity index (χ2n) is 6.84. The van der Waals surface area contributed by atoms with Crippen LogP contribution in [0.3, 0.4) is 0 Å². The molecule has 0 saturated carbocycles. The maximum atomic E-state index is 12.5. The molecule has 0 spiro atoms. The SMILES string of the molecule is C[C@H](NC(=O)CSCc1ccccc1)[C@H](c1ccccc1)N1CCOCC1. The summed E-state index contributed by atoms with van der Waals surface area (Å²) < 4.78 is 5.51. The molecule has 144 valence electrons. The van der Waals surface area contributed by atoms with E-state index in [0.29, 0.717) is 5.75 Å². The third-order valence-corrected chi connectivity index (χ3v) is 5.79. The molecule has 5 heteroatoms. The van der Waals surface area contributed by atoms with Gasteiger partial charge in [0, 0.05) is 24.9 Å². The van der Waals surface area contributed by atoms with Crippen LogP contribution in [0.1, 0.15) is 24.1 Å². The summed E-state index contributed by atoms with van der Waals surface area (Å²) in [7, 11) is 0. The van der Waals surface area contributed by atoms with Gasteiger partial charge in [-0.1, -0.05) is 60.7 Å². The molecule has 1 fully saturated rings. The van der Waals surface area contributed by atoms with E-state index in [0.717, 1.165) is 32.1 Å². The van der Waals surface area contributed by atoms with Gasteiger partial charge in [0.15, 0.2) is 0 Å². The van der Waals surface area contributed by atoms with Gasteiger partial charge in [-0.05, 0) is 18.1 Å². The number of benzene rings is 2. The Morgan fingerprint density at radius 2 is 1.70 bits per heavy atom. The van der Waals surface area contributed by atoms with Crippen LogP contribution in [0.4, 0.5) is 0 Å². The molecule has 0 bridgehead atoms. The standard InChI is InChI=1S/C22H28N2O2S/c1-18(23-21(25)17-27-16-19-8-4-2-5-9-19)22(20-10-6-3-7-11-20)24-12-14-26-15-13-24/h2-11,18,22H,12-17H2,1H3,(H,23,25)/t18-,22+/m0/s1. The van der Waals surface area contributed by atoms with E-state index in [-0.39, 0.29) is 18.0 Å². The van der Waals surface area contributed by atoms with Gasteiger partial charge >= 0.3 is 0 Å². The number of ether oxygens (including phenoxy) is 1. The zero-order valence-corrected chi connectivity index (χ0v) is 16.7. The number of nitrogens with one attached hydrogen (secondary N) is 1. The molecule has 4 nitrogen and oxygen atoms in total. The van der Waals surface area contributed by atoms with Gasteiger partial charge in [-0.15, -0.1) is 11.8 Å². The fraction of sp³-hybridized carbons (Fsp3) is 0.409. The number of thioether (sulfide) groups is 1. The molecule has 1 heterocycles. The first-order valence-corrected chi connectivity index (χ1v) is 10.7. The van der Waals surface area contributed by atoms with Crippen LogP contribution in [-0.2, 0) is 15.3 Å². The molecule has 0 radical (unpaired) electrons. The summed E-state index contributed by atoms with van der Waals surface area (Å²) in [6.45, 7) is 5.38. The molecule has 1 saturated heterocycles. The number of hydrogen-bond acceptors (Lipinski definition) is 4. The van der Waals surface area contributed by atoms with E-state index in [2.05, 4.69) is 53.5 Å². The molecule has 0 unspecified atom stereocenters. The molecule has 1 N–H and O–H groups in total. The van der Waals surface area contributed by atoms with E-state index in [1.54, 1.807) is 11.8 Å². The Balaban J connectivity index is 1.56. The molecule has 1 amide bonds. The third kappa shape index (κ3) is 6.09. The maximum absolute atomic E-state index is 12.5. The fourth-order valence-electron chi connectivity index (χ4n) is 3.53. The second kappa shape index (κ2) is 10.5. The lowest BCUT2D eigenvalue weighted by Crippen LogP contribution is -2.48. The Morgan fingerprint density at radius 3 is 2.37 bits per heavy atom. The lowest BCUT2D eigenvalue weighted by atomic mass is 9.98. The van der Waals surface area contributed by atoms with Crippen LogP contribution in [0.2, 0.25) is 0 Å². The average Bonchev–Trinajstić information content (AvgIpc) is 2.70. The van der Waals surface area contributed by atoms with Crippen LogP contribution in [0.25, 0.3) is 0 Å². The number of morpholine rings is 1. The number of rotatable bonds is 8. The summed E-state index contributed by atoms with van der Waals surface area (Å²) >= 11 is 1.65. The maximum Gasteiger partial charge on any atom is 0.230 e. The predicted molar refractivity (Wildman–Crippen MR) is 112 cm³/mol. The normalized spacial score (nSPS) is 17.2. The van der Waals surface area contributed by atoms with E-state index in [4.69, 9.17) is 4.74 Å². The fourth-order valence-corrected chi connectivity index (χ4v) is 4.33. The minimum Gasteiger partial charge on any atom is -0.379 e. The van der Waals surface area contributed by atoms with Crippen LogP contribution < -0.4 is 5.32 Å². The Labute approximate surface area is 166 Å². The molecular weight excluding hydrogens is 356 g/mol. The van der Waals surface area contributed by atoms with E-state index in [1.165, 1.54) is 11.1 Å². The van der Waals surface area contributed by atoms with E-state index in [9.17, 15) is 4.79 Å². The summed E-state index contributed by atoms with van der Waals surface area (Å²) in [4.78, 5) is 14.9. The molecule has 3 rings (SSSR count). The molecular formula is C22H28N2O2S. The Morgan fingerprint density at radius 1 is 1.07 bits per heavy atom. The first kappa shape index (κ1) is 19.9. The smallest absolute Gasteiger partial charge is 0.230 e. The van der Waals surface area contributed by atoms with Crippen molar-refractivity contribution in [1.29, 1.82) is 0 Å². The molecule has 2 aromatic rings. The van der Waals surface area contributed by atoms with E-state index in [1.807, 2.05) is 24.3 Å². The second-order valence-corrected chi connectivity index (χ2v) is 7.82. The minimum absolute atomic E-state index is 0.0373. The molecule has 0 aromatic heterocycles. The quantitative estimate of drug-likeness (QED) is 0.756. The van der Waals surface area contributed by atoms with E-state index >= 15 is 0 Å². The molecule has 0 aliphatic carbocycles. The first-order valence-electron chi connectivity index (χ1n) is 9.52. The third-order valence-electron chi connectivity index (χ3n) is 4.79. The summed E-state index contributed by atoms with van der Waals surface area (Å²) in [5, 5.41) is 3.22. The van der Waals surface area contributed by atoms with Crippen molar-refractivity contribution >= 4 is 17.7 Å². The van der Waals surface area contributed by atoms with Crippen LogP contribution in [0.15, 0.2) is 60.7 Å². The lowest BCUT2D eigenvalue weighted by molar-refractivity contribution is -0.119. The van der Waals surface area contributed by atoms with Crippen molar-refractivity contribution in [3.8, 4) is 0 Å². The number of nitrogens with zero attached hydrogens (tertiary/aromatic N) is 1. The topological polar surface area (TPSA) is 41.6 Å². The predicted octanol–water partition coefficient (Wildman–Crippen LogP) is 3.50. The highest BCUT2D eigenvalue weighted by Gasteiger charge is 2.28. The van der Waals surface area contributed by atoms with Crippen molar-refractivity contribution in [1.82, 2.24) is 10.2 Å². The first-order chi connectivity index (χ1) is 13.2. The molecule has 2 atom stereocenters. The van der Waals surface area contributed by atoms with Crippen molar-refractivity contribution in [3.63, 3.8) is 0 Å². The van der Waals surface area contributed by atoms with Crippen LogP contribution >= 0.6 is 11.8 Å². The van der Waals surface area contributed by atoms with Gasteiger partial charge in [0.25, 0.3) is 0 Å². The highest BCUT2D eigenvalue weighted by atomic mass is 32.2. The van der Waals surface area contributed by atoms with Gasteiger partial charge in [0.1, 0.15) is 0 Å². The van der Waals surface area contributed by atoms with Gasteiger partial charge < -0.3 is 10.1 Å². The zero-order valence-electron chi connectivity index (χ0n) is 15.8. The zero-order chi connectivity index (χ0) is 18.9. The molecule has 1 aliphatic rings. The van der Waals surface area contributed by atoms with Gasteiger partial charge in [-0.25, -0.2) is 0 Å². The van der Waals surface area contributed by atoms with Crippen LogP contribution in [0, 0.1) is 0 Å². The minimum atomic E-state index is 0.0373. The van der Waals surface area contributed by atoms with Crippen molar-refractivity contribution in [2.75, 3.05) is 32.1 Å². The summed E-state index contributed by atoms with van der Waals surface area (Å²) in [5.41, 5.74) is 2.49. The van der Waals surface area contributed by atoms with Gasteiger partial charge in [-0.3, -0.25) is 9.69 Å². The Bertz CT molecular complexity index is 690. The van der Waals surface area contributed by atoms with Crippen LogP contribution in [0.5, 0.6) is 0 Å². The molecule has 1 aliphatic heterocycles. The van der Waals surface area contributed by atoms with E-state index < -0.39 is 0 Å². The number of hydrogen-bond donors (Lipinski definition) is 1. The monoisotopic (exact) mass is 384 g/mol. The van der Waals surface area contributed by atoms with Gasteiger partial charge in [0.2, 0.25) is 5.91 Å². The molecule has 2 aromatic carbocycles. The van der Waals surface area contributed by atoms with Crippen molar-refractivity contribution in [2.24, 2.45) is 0 Å². The largest absolute Gasteiger partial charge is 0.379 e. The number of carbonyl (C=O) groups excluding carboxylic acids is 1. The van der Waals surface area contributed by atoms with Gasteiger partial charge in [-0.2, -0.15) is 0 Å². The number of amides is 1. The summed E-state index contributed by atoms with van der Waals surface area (Å²) in [6.07, 6.45) is 0. The Hall–Kier alpha value is -1.82. The average molecular weight is 385 g/mol. The highest BCUT2D eigenvalue weighted by molar-refractivity contribution is 7.99. The number of carbonyl (C=O) groups is 1. The molecule has 27 heavy (non-hydrogen) atoms. The summed E-state index contributed by atoms with van der Waals surface area (Å²) in [6, 6.07) is 20.9. The van der Waals surface area contributed by atoms with Gasteiger partial charge in [0.05, 0.1) is 25.0 Å². The van der Waals surface area contributed by atoms with Crippen LogP contribution in [-0.4, -0.2) is 48.9 Å². The summed E-state index contributed by atoms with van der Waals surface area (Å²) in [5.74, 6) is 1.43. The lowest BCUT2D eigenvalue weighted by Gasteiger charge is -2.38.